The first-order valence-corrected chi connectivity index (χ1v) is 7.64. The average Bonchev–Trinajstić information content (AvgIpc) is 2.94. The lowest BCUT2D eigenvalue weighted by atomic mass is 10.3. The summed E-state index contributed by atoms with van der Waals surface area (Å²) in [5, 5.41) is 4.24. The second-order valence-electron chi connectivity index (χ2n) is 4.59. The van der Waals surface area contributed by atoms with Crippen LogP contribution in [0.5, 0.6) is 0 Å². The molecule has 0 bridgehead atoms. The summed E-state index contributed by atoms with van der Waals surface area (Å²) in [5.74, 6) is 0.183. The van der Waals surface area contributed by atoms with E-state index in [0.29, 0.717) is 38.1 Å². The molecule has 0 amide bonds. The van der Waals surface area contributed by atoms with Gasteiger partial charge in [0, 0.05) is 11.2 Å². The Morgan fingerprint density at radius 2 is 2.00 bits per heavy atom. The fourth-order valence-electron chi connectivity index (χ4n) is 1.94. The molecule has 0 radical (unpaired) electrons. The maximum atomic E-state index is 11.3. The highest BCUT2D eigenvalue weighted by molar-refractivity contribution is 6.43. The Labute approximate surface area is 146 Å². The third-order valence-electron chi connectivity index (χ3n) is 3.06. The highest BCUT2D eigenvalue weighted by Gasteiger charge is 2.11. The molecule has 0 aliphatic carbocycles. The van der Waals surface area contributed by atoms with Crippen LogP contribution in [0.4, 0.5) is 5.69 Å². The lowest BCUT2D eigenvalue weighted by Gasteiger charge is -2.05. The SMILES string of the molecule is O=C/C(=C\Nc1cccc(Cl)c1Cl)c1nc2cc(Cl)ccc2o1. The maximum absolute atomic E-state index is 11.3. The number of carbonyl (C=O) groups is 1. The van der Waals surface area contributed by atoms with Crippen LogP contribution < -0.4 is 5.32 Å². The van der Waals surface area contributed by atoms with E-state index in [-0.39, 0.29) is 11.5 Å². The summed E-state index contributed by atoms with van der Waals surface area (Å²) in [5.41, 5.74) is 1.91. The summed E-state index contributed by atoms with van der Waals surface area (Å²) < 4.78 is 5.55. The minimum absolute atomic E-state index is 0.183. The molecule has 0 aliphatic heterocycles. The molecule has 3 rings (SSSR count). The normalized spacial score (nSPS) is 11.7. The molecule has 1 N–H and O–H groups in total. The van der Waals surface area contributed by atoms with Gasteiger partial charge in [-0.15, -0.1) is 0 Å². The summed E-state index contributed by atoms with van der Waals surface area (Å²) in [7, 11) is 0. The van der Waals surface area contributed by atoms with E-state index in [0.717, 1.165) is 0 Å². The monoisotopic (exact) mass is 366 g/mol. The van der Waals surface area contributed by atoms with Gasteiger partial charge < -0.3 is 9.73 Å². The summed E-state index contributed by atoms with van der Waals surface area (Å²) in [6, 6.07) is 10.2. The average molecular weight is 368 g/mol. The van der Waals surface area contributed by atoms with Gasteiger partial charge in [0.2, 0.25) is 5.89 Å². The number of allylic oxidation sites excluding steroid dienone is 1. The molecular formula is C16H9Cl3N2O2. The number of halogens is 3. The van der Waals surface area contributed by atoms with Gasteiger partial charge in [-0.2, -0.15) is 0 Å². The van der Waals surface area contributed by atoms with E-state index in [4.69, 9.17) is 39.2 Å². The van der Waals surface area contributed by atoms with Gasteiger partial charge in [0.1, 0.15) is 5.52 Å². The van der Waals surface area contributed by atoms with Crippen LogP contribution in [0.1, 0.15) is 5.89 Å². The number of carbonyl (C=O) groups excluding carboxylic acids is 1. The minimum atomic E-state index is 0.183. The van der Waals surface area contributed by atoms with Crippen LogP contribution in [0.2, 0.25) is 15.1 Å². The lowest BCUT2D eigenvalue weighted by Crippen LogP contribution is -1.94. The van der Waals surface area contributed by atoms with Crippen molar-refractivity contribution < 1.29 is 9.21 Å². The molecule has 2 aromatic carbocycles. The number of nitrogens with one attached hydrogen (secondary N) is 1. The van der Waals surface area contributed by atoms with Crippen LogP contribution in [-0.4, -0.2) is 11.3 Å². The molecule has 4 nitrogen and oxygen atoms in total. The first kappa shape index (κ1) is 15.9. The van der Waals surface area contributed by atoms with Gasteiger partial charge in [-0.05, 0) is 30.3 Å². The number of fused-ring (bicyclic) bond motifs is 1. The smallest absolute Gasteiger partial charge is 0.232 e. The first-order chi connectivity index (χ1) is 11.1. The highest BCUT2D eigenvalue weighted by Crippen LogP contribution is 2.30. The van der Waals surface area contributed by atoms with E-state index >= 15 is 0 Å². The fourth-order valence-corrected chi connectivity index (χ4v) is 2.46. The van der Waals surface area contributed by atoms with E-state index in [9.17, 15) is 4.79 Å². The molecule has 0 unspecified atom stereocenters. The maximum Gasteiger partial charge on any atom is 0.232 e. The predicted molar refractivity (Wildman–Crippen MR) is 93.1 cm³/mol. The molecule has 23 heavy (non-hydrogen) atoms. The topological polar surface area (TPSA) is 55.1 Å². The largest absolute Gasteiger partial charge is 0.436 e. The number of hydrogen-bond donors (Lipinski definition) is 1. The number of aromatic nitrogens is 1. The van der Waals surface area contributed by atoms with Crippen LogP contribution in [0.25, 0.3) is 16.7 Å². The second kappa shape index (κ2) is 6.62. The molecule has 0 aliphatic rings. The Balaban J connectivity index is 1.94. The molecule has 7 heteroatoms. The zero-order chi connectivity index (χ0) is 16.4. The molecule has 116 valence electrons. The van der Waals surface area contributed by atoms with E-state index in [1.165, 1.54) is 6.20 Å². The van der Waals surface area contributed by atoms with Gasteiger partial charge in [-0.3, -0.25) is 4.79 Å². The molecule has 1 aromatic heterocycles. The Morgan fingerprint density at radius 1 is 1.17 bits per heavy atom. The quantitative estimate of drug-likeness (QED) is 0.493. The fraction of sp³-hybridized carbons (Fsp3) is 0. The third kappa shape index (κ3) is 3.34. The van der Waals surface area contributed by atoms with Crippen molar-refractivity contribution in [1.82, 2.24) is 4.98 Å². The number of oxazole rings is 1. The lowest BCUT2D eigenvalue weighted by molar-refractivity contribution is -0.103. The van der Waals surface area contributed by atoms with E-state index in [1.54, 1.807) is 36.4 Å². The van der Waals surface area contributed by atoms with Crippen LogP contribution in [0, 0.1) is 0 Å². The van der Waals surface area contributed by atoms with Gasteiger partial charge in [-0.25, -0.2) is 4.98 Å². The van der Waals surface area contributed by atoms with E-state index < -0.39 is 0 Å². The molecule has 0 fully saturated rings. The number of anilines is 1. The standard InChI is InChI=1S/C16H9Cl3N2O2/c17-10-4-5-14-13(6-10)21-16(23-14)9(8-22)7-20-12-3-1-2-11(18)15(12)19/h1-8,20H/b9-7+. The summed E-state index contributed by atoms with van der Waals surface area (Å²) in [6.07, 6.45) is 2.09. The van der Waals surface area contributed by atoms with Gasteiger partial charge in [0.15, 0.2) is 11.9 Å². The molecule has 0 atom stereocenters. The number of rotatable bonds is 4. The number of aldehydes is 1. The third-order valence-corrected chi connectivity index (χ3v) is 4.11. The summed E-state index contributed by atoms with van der Waals surface area (Å²) >= 11 is 17.9. The van der Waals surface area contributed by atoms with E-state index in [1.807, 2.05) is 0 Å². The first-order valence-electron chi connectivity index (χ1n) is 6.51. The second-order valence-corrected chi connectivity index (χ2v) is 5.82. The molecule has 0 spiro atoms. The molecule has 1 heterocycles. The van der Waals surface area contributed by atoms with Crippen LogP contribution >= 0.6 is 34.8 Å². The van der Waals surface area contributed by atoms with Gasteiger partial charge in [-0.1, -0.05) is 40.9 Å². The summed E-state index contributed by atoms with van der Waals surface area (Å²) in [4.78, 5) is 15.6. The Hall–Kier alpha value is -2.01. The van der Waals surface area contributed by atoms with Crippen molar-refractivity contribution in [3.63, 3.8) is 0 Å². The number of nitrogens with zero attached hydrogens (tertiary/aromatic N) is 1. The molecule has 3 aromatic rings. The van der Waals surface area contributed by atoms with Crippen molar-refractivity contribution in [1.29, 1.82) is 0 Å². The van der Waals surface area contributed by atoms with Crippen molar-refractivity contribution in [2.24, 2.45) is 0 Å². The van der Waals surface area contributed by atoms with Crippen molar-refractivity contribution in [3.8, 4) is 0 Å². The zero-order valence-corrected chi connectivity index (χ0v) is 13.8. The molecule has 0 saturated heterocycles. The Kier molecular flexibility index (Phi) is 4.57. The van der Waals surface area contributed by atoms with Crippen molar-refractivity contribution in [3.05, 3.63) is 63.6 Å². The van der Waals surface area contributed by atoms with E-state index in [2.05, 4.69) is 10.3 Å². The Bertz CT molecular complexity index is 919. The van der Waals surface area contributed by atoms with Crippen LogP contribution in [0.15, 0.2) is 47.0 Å². The highest BCUT2D eigenvalue weighted by atomic mass is 35.5. The predicted octanol–water partition coefficient (Wildman–Crippen LogP) is 5.44. The Morgan fingerprint density at radius 3 is 2.78 bits per heavy atom. The molecular weight excluding hydrogens is 359 g/mol. The van der Waals surface area contributed by atoms with Gasteiger partial charge in [0.25, 0.3) is 0 Å². The van der Waals surface area contributed by atoms with Crippen LogP contribution in [-0.2, 0) is 4.79 Å². The molecule has 0 saturated carbocycles. The van der Waals surface area contributed by atoms with Crippen LogP contribution in [0.3, 0.4) is 0 Å². The van der Waals surface area contributed by atoms with Crippen molar-refractivity contribution >= 4 is 63.4 Å². The van der Waals surface area contributed by atoms with Crippen molar-refractivity contribution in [2.45, 2.75) is 0 Å². The van der Waals surface area contributed by atoms with Crippen molar-refractivity contribution in [2.75, 3.05) is 5.32 Å². The number of hydrogen-bond acceptors (Lipinski definition) is 4. The zero-order valence-electron chi connectivity index (χ0n) is 11.5. The number of benzene rings is 2. The summed E-state index contributed by atoms with van der Waals surface area (Å²) in [6.45, 7) is 0. The minimum Gasteiger partial charge on any atom is -0.436 e. The van der Waals surface area contributed by atoms with Gasteiger partial charge in [0.05, 0.1) is 21.3 Å². The van der Waals surface area contributed by atoms with Gasteiger partial charge >= 0.3 is 0 Å².